The van der Waals surface area contributed by atoms with Crippen molar-refractivity contribution in [3.63, 3.8) is 0 Å². The predicted octanol–water partition coefficient (Wildman–Crippen LogP) is 2.68. The molecule has 1 heterocycles. The van der Waals surface area contributed by atoms with Gasteiger partial charge in [-0.3, -0.25) is 4.79 Å². The van der Waals surface area contributed by atoms with Crippen molar-refractivity contribution in [3.05, 3.63) is 41.5 Å². The maximum absolute atomic E-state index is 11.9. The van der Waals surface area contributed by atoms with Crippen LogP contribution in [0, 0.1) is 5.92 Å². The molecule has 1 amide bonds. The number of hydrogen-bond acceptors (Lipinski definition) is 5. The molecule has 0 radical (unpaired) electrons. The van der Waals surface area contributed by atoms with Crippen molar-refractivity contribution in [2.24, 2.45) is 5.92 Å². The van der Waals surface area contributed by atoms with Gasteiger partial charge in [0.15, 0.2) is 0 Å². The third-order valence-corrected chi connectivity index (χ3v) is 6.14. The molecule has 0 unspecified atom stereocenters. The summed E-state index contributed by atoms with van der Waals surface area (Å²) in [5.74, 6) is 0.803. The fraction of sp³-hybridized carbons (Fsp3) is 0.609. The summed E-state index contributed by atoms with van der Waals surface area (Å²) in [5.41, 5.74) is 1.51. The Morgan fingerprint density at radius 3 is 2.66 bits per heavy atom. The monoisotopic (exact) mass is 402 g/mol. The Morgan fingerprint density at radius 1 is 1.34 bits per heavy atom. The van der Waals surface area contributed by atoms with Gasteiger partial charge in [0.1, 0.15) is 18.5 Å². The van der Waals surface area contributed by atoms with Gasteiger partial charge in [-0.2, -0.15) is 0 Å². The molecule has 2 aliphatic rings. The molecule has 6 heteroatoms. The van der Waals surface area contributed by atoms with Gasteiger partial charge < -0.3 is 24.8 Å². The molecule has 1 fully saturated rings. The molecule has 2 N–H and O–H groups in total. The number of aliphatic hydroxyl groups is 1. The molecule has 0 saturated carbocycles. The van der Waals surface area contributed by atoms with Crippen molar-refractivity contribution in [1.82, 2.24) is 10.2 Å². The number of nitrogens with one attached hydrogen (secondary N) is 1. The van der Waals surface area contributed by atoms with E-state index in [-0.39, 0.29) is 24.0 Å². The second kappa shape index (κ2) is 8.86. The molecule has 5 atom stereocenters. The van der Waals surface area contributed by atoms with Crippen molar-refractivity contribution in [2.75, 3.05) is 27.2 Å². The normalized spacial score (nSPS) is 31.8. The molecular formula is C23H34N2O4. The smallest absolute Gasteiger partial charge is 0.217 e. The third kappa shape index (κ3) is 5.00. The standard InChI is InChI=1S/C23H34N2O4/c1-15-6-11-19-22(21(15)27)29-20(14-23(19,3)24-16(2)26)17-7-9-18(10-8-17)28-13-12-25(4)5/h6-10,19-22,27H,11-14H2,1-5H3,(H,24,26)/t19-,20+,21-,22-,23+/m1/s1. The molecule has 29 heavy (non-hydrogen) atoms. The Labute approximate surface area is 173 Å². The molecule has 0 spiro atoms. The van der Waals surface area contributed by atoms with E-state index in [0.29, 0.717) is 13.0 Å². The summed E-state index contributed by atoms with van der Waals surface area (Å²) in [5, 5.41) is 13.9. The lowest BCUT2D eigenvalue weighted by atomic mass is 9.68. The Balaban J connectivity index is 1.79. The van der Waals surface area contributed by atoms with Crippen LogP contribution >= 0.6 is 0 Å². The van der Waals surface area contributed by atoms with E-state index in [2.05, 4.69) is 23.2 Å². The van der Waals surface area contributed by atoms with Crippen molar-refractivity contribution >= 4 is 5.91 Å². The van der Waals surface area contributed by atoms with E-state index in [9.17, 15) is 9.90 Å². The van der Waals surface area contributed by atoms with E-state index in [1.54, 1.807) is 6.92 Å². The Morgan fingerprint density at radius 2 is 2.03 bits per heavy atom. The summed E-state index contributed by atoms with van der Waals surface area (Å²) in [7, 11) is 4.03. The zero-order chi connectivity index (χ0) is 21.2. The first-order chi connectivity index (χ1) is 13.7. The average molecular weight is 403 g/mol. The summed E-state index contributed by atoms with van der Waals surface area (Å²) < 4.78 is 12.2. The lowest BCUT2D eigenvalue weighted by Crippen LogP contribution is -2.62. The zero-order valence-corrected chi connectivity index (χ0v) is 18.1. The van der Waals surface area contributed by atoms with E-state index in [0.717, 1.165) is 29.9 Å². The molecule has 3 rings (SSSR count). The van der Waals surface area contributed by atoms with Gasteiger partial charge in [0.2, 0.25) is 5.91 Å². The summed E-state index contributed by atoms with van der Waals surface area (Å²) in [4.78, 5) is 14.0. The number of allylic oxidation sites excluding steroid dienone is 1. The van der Waals surface area contributed by atoms with Crippen LogP contribution in [0.25, 0.3) is 0 Å². The highest BCUT2D eigenvalue weighted by atomic mass is 16.5. The fourth-order valence-corrected chi connectivity index (χ4v) is 4.48. The lowest BCUT2D eigenvalue weighted by molar-refractivity contribution is -0.165. The van der Waals surface area contributed by atoms with Crippen LogP contribution in [0.5, 0.6) is 5.75 Å². The van der Waals surface area contributed by atoms with Gasteiger partial charge in [-0.1, -0.05) is 18.2 Å². The number of benzene rings is 1. The Kier molecular flexibility index (Phi) is 6.66. The maximum atomic E-state index is 11.9. The van der Waals surface area contributed by atoms with Crippen LogP contribution in [-0.2, 0) is 9.53 Å². The van der Waals surface area contributed by atoms with Crippen LogP contribution in [0.1, 0.15) is 45.3 Å². The number of aliphatic hydroxyl groups excluding tert-OH is 1. The fourth-order valence-electron chi connectivity index (χ4n) is 4.48. The van der Waals surface area contributed by atoms with Crippen LogP contribution < -0.4 is 10.1 Å². The molecule has 1 saturated heterocycles. The minimum absolute atomic E-state index is 0.0370. The number of ether oxygens (including phenoxy) is 2. The first-order valence-electron chi connectivity index (χ1n) is 10.4. The molecule has 1 aliphatic carbocycles. The molecule has 160 valence electrons. The third-order valence-electron chi connectivity index (χ3n) is 6.14. The highest BCUT2D eigenvalue weighted by molar-refractivity contribution is 5.74. The second-order valence-corrected chi connectivity index (χ2v) is 8.85. The molecular weight excluding hydrogens is 368 g/mol. The van der Waals surface area contributed by atoms with E-state index in [4.69, 9.17) is 9.47 Å². The molecule has 0 bridgehead atoms. The molecule has 1 aromatic carbocycles. The van der Waals surface area contributed by atoms with E-state index >= 15 is 0 Å². The van der Waals surface area contributed by atoms with Gasteiger partial charge >= 0.3 is 0 Å². The van der Waals surface area contributed by atoms with Crippen LogP contribution in [0.15, 0.2) is 35.9 Å². The van der Waals surface area contributed by atoms with Gasteiger partial charge in [-0.15, -0.1) is 0 Å². The number of likely N-dealkylation sites (N-methyl/N-ethyl adjacent to an activating group) is 1. The van der Waals surface area contributed by atoms with Crippen molar-refractivity contribution in [3.8, 4) is 5.75 Å². The lowest BCUT2D eigenvalue weighted by Gasteiger charge is -2.52. The van der Waals surface area contributed by atoms with Crippen LogP contribution in [0.4, 0.5) is 0 Å². The number of amides is 1. The number of hydrogen-bond donors (Lipinski definition) is 2. The van der Waals surface area contributed by atoms with Crippen molar-refractivity contribution in [2.45, 2.75) is 57.5 Å². The maximum Gasteiger partial charge on any atom is 0.217 e. The molecule has 1 aromatic rings. The van der Waals surface area contributed by atoms with Crippen LogP contribution in [-0.4, -0.2) is 60.9 Å². The Hall–Kier alpha value is -1.89. The molecule has 1 aliphatic heterocycles. The number of fused-ring (bicyclic) bond motifs is 1. The number of nitrogens with zero attached hydrogens (tertiary/aromatic N) is 1. The SMILES string of the molecule is CC(=O)N[C@@]1(C)C[C@@H](c2ccc(OCCN(C)C)cc2)O[C@H]2[C@H](O)C(C)=CC[C@H]21. The average Bonchev–Trinajstić information content (AvgIpc) is 2.64. The minimum atomic E-state index is -0.654. The largest absolute Gasteiger partial charge is 0.492 e. The summed E-state index contributed by atoms with van der Waals surface area (Å²) in [6, 6.07) is 7.95. The first kappa shape index (κ1) is 21.8. The van der Waals surface area contributed by atoms with Crippen LogP contribution in [0.2, 0.25) is 0 Å². The topological polar surface area (TPSA) is 71.0 Å². The van der Waals surface area contributed by atoms with Gasteiger partial charge in [0.05, 0.1) is 12.2 Å². The van der Waals surface area contributed by atoms with Gasteiger partial charge in [0.25, 0.3) is 0 Å². The van der Waals surface area contributed by atoms with E-state index < -0.39 is 11.6 Å². The summed E-state index contributed by atoms with van der Waals surface area (Å²) in [6.07, 6.45) is 2.31. The molecule has 0 aromatic heterocycles. The van der Waals surface area contributed by atoms with Crippen molar-refractivity contribution in [1.29, 1.82) is 0 Å². The van der Waals surface area contributed by atoms with E-state index in [1.807, 2.05) is 45.3 Å². The van der Waals surface area contributed by atoms with Crippen molar-refractivity contribution < 1.29 is 19.4 Å². The summed E-state index contributed by atoms with van der Waals surface area (Å²) >= 11 is 0. The summed E-state index contributed by atoms with van der Waals surface area (Å²) in [6.45, 7) is 7.04. The predicted molar refractivity (Wildman–Crippen MR) is 113 cm³/mol. The van der Waals surface area contributed by atoms with Crippen LogP contribution in [0.3, 0.4) is 0 Å². The highest BCUT2D eigenvalue weighted by Crippen LogP contribution is 2.46. The van der Waals surface area contributed by atoms with E-state index in [1.165, 1.54) is 0 Å². The first-order valence-corrected chi connectivity index (χ1v) is 10.4. The number of rotatable bonds is 6. The quantitative estimate of drug-likeness (QED) is 0.716. The van der Waals surface area contributed by atoms with Gasteiger partial charge in [0, 0.05) is 31.3 Å². The Bertz CT molecular complexity index is 746. The second-order valence-electron chi connectivity index (χ2n) is 8.85. The highest BCUT2D eigenvalue weighted by Gasteiger charge is 2.50. The number of carbonyl (C=O) groups excluding carboxylic acids is 1. The molecule has 6 nitrogen and oxygen atoms in total. The van der Waals surface area contributed by atoms with Gasteiger partial charge in [-0.25, -0.2) is 0 Å². The minimum Gasteiger partial charge on any atom is -0.492 e. The zero-order valence-electron chi connectivity index (χ0n) is 18.1. The van der Waals surface area contributed by atoms with Gasteiger partial charge in [-0.05, 0) is 57.6 Å². The number of carbonyl (C=O) groups is 1.